The van der Waals surface area contributed by atoms with Crippen LogP contribution < -0.4 is 10.6 Å². The smallest absolute Gasteiger partial charge is 0.0587 e. The van der Waals surface area contributed by atoms with Crippen molar-refractivity contribution in [3.63, 3.8) is 0 Å². The third-order valence-electron chi connectivity index (χ3n) is 3.74. The van der Waals surface area contributed by atoms with Crippen molar-refractivity contribution in [3.8, 4) is 0 Å². The monoisotopic (exact) mass is 258 g/mol. The third kappa shape index (κ3) is 5.22. The molecule has 1 saturated carbocycles. The highest BCUT2D eigenvalue weighted by molar-refractivity contribution is 4.96. The minimum atomic E-state index is 0.166. The van der Waals surface area contributed by atoms with Crippen LogP contribution in [0.3, 0.4) is 0 Å². The fourth-order valence-electron chi connectivity index (χ4n) is 2.84. The molecule has 4 N–H and O–H groups in total. The zero-order valence-electron chi connectivity index (χ0n) is 12.2. The molecule has 0 bridgehead atoms. The summed E-state index contributed by atoms with van der Waals surface area (Å²) in [6.45, 7) is 8.82. The van der Waals surface area contributed by atoms with Crippen LogP contribution in [0.15, 0.2) is 0 Å². The van der Waals surface area contributed by atoms with Gasteiger partial charge in [-0.05, 0) is 38.5 Å². The Labute approximate surface area is 111 Å². The standard InChI is InChI=1S/C14H30N2O2/c1-9(2)15-14(8-18)13-6-12(13)5-10(3)16-11(4)7-17/h9-18H,5-8H2,1-4H3/t10?,11-,12?,13?,14+/m1/s1. The Morgan fingerprint density at radius 3 is 2.17 bits per heavy atom. The number of aliphatic hydroxyl groups excluding tert-OH is 2. The fourth-order valence-corrected chi connectivity index (χ4v) is 2.84. The second kappa shape index (κ2) is 7.43. The SMILES string of the molecule is CC(C)N[C@@H](CO)C1CC1CC(C)N[C@H](C)CO. The molecule has 108 valence electrons. The van der Waals surface area contributed by atoms with E-state index in [9.17, 15) is 5.11 Å². The molecule has 1 aliphatic carbocycles. The van der Waals surface area contributed by atoms with E-state index in [0.717, 1.165) is 6.42 Å². The summed E-state index contributed by atoms with van der Waals surface area (Å²) in [5.74, 6) is 1.33. The lowest BCUT2D eigenvalue weighted by molar-refractivity contribution is 0.212. The van der Waals surface area contributed by atoms with E-state index in [1.807, 2.05) is 6.92 Å². The van der Waals surface area contributed by atoms with E-state index in [4.69, 9.17) is 5.11 Å². The van der Waals surface area contributed by atoms with Crippen molar-refractivity contribution >= 4 is 0 Å². The van der Waals surface area contributed by atoms with Crippen molar-refractivity contribution in [1.29, 1.82) is 0 Å². The van der Waals surface area contributed by atoms with Crippen LogP contribution in [-0.2, 0) is 0 Å². The topological polar surface area (TPSA) is 64.5 Å². The van der Waals surface area contributed by atoms with E-state index >= 15 is 0 Å². The average Bonchev–Trinajstić information content (AvgIpc) is 3.04. The number of nitrogens with one attached hydrogen (secondary N) is 2. The first kappa shape index (κ1) is 15.9. The summed E-state index contributed by atoms with van der Waals surface area (Å²) in [4.78, 5) is 0. The summed E-state index contributed by atoms with van der Waals surface area (Å²) in [5.41, 5.74) is 0. The maximum atomic E-state index is 9.41. The first-order valence-electron chi connectivity index (χ1n) is 7.21. The van der Waals surface area contributed by atoms with E-state index in [2.05, 4.69) is 31.4 Å². The van der Waals surface area contributed by atoms with Crippen LogP contribution in [0.5, 0.6) is 0 Å². The Hall–Kier alpha value is -0.160. The number of aliphatic hydroxyl groups is 2. The summed E-state index contributed by atoms with van der Waals surface area (Å²) >= 11 is 0. The van der Waals surface area contributed by atoms with Gasteiger partial charge in [0, 0.05) is 24.2 Å². The third-order valence-corrected chi connectivity index (χ3v) is 3.74. The lowest BCUT2D eigenvalue weighted by Crippen LogP contribution is -2.40. The molecule has 3 unspecified atom stereocenters. The molecule has 0 aromatic rings. The first-order chi connectivity index (χ1) is 8.47. The van der Waals surface area contributed by atoms with E-state index in [0.29, 0.717) is 23.9 Å². The van der Waals surface area contributed by atoms with E-state index in [1.165, 1.54) is 6.42 Å². The highest BCUT2D eigenvalue weighted by Gasteiger charge is 2.43. The Kier molecular flexibility index (Phi) is 6.57. The number of hydrogen-bond acceptors (Lipinski definition) is 4. The molecule has 4 heteroatoms. The van der Waals surface area contributed by atoms with Gasteiger partial charge in [0.15, 0.2) is 0 Å². The summed E-state index contributed by atoms with van der Waals surface area (Å²) in [6.07, 6.45) is 2.34. The lowest BCUT2D eigenvalue weighted by atomic mass is 10.1. The molecule has 0 aromatic carbocycles. The van der Waals surface area contributed by atoms with Gasteiger partial charge in [-0.25, -0.2) is 0 Å². The van der Waals surface area contributed by atoms with Crippen molar-refractivity contribution in [2.24, 2.45) is 11.8 Å². The van der Waals surface area contributed by atoms with E-state index in [1.54, 1.807) is 0 Å². The maximum absolute atomic E-state index is 9.41. The van der Waals surface area contributed by atoms with Crippen molar-refractivity contribution in [1.82, 2.24) is 10.6 Å². The van der Waals surface area contributed by atoms with Crippen molar-refractivity contribution in [2.45, 2.75) is 64.7 Å². The van der Waals surface area contributed by atoms with Gasteiger partial charge in [-0.15, -0.1) is 0 Å². The largest absolute Gasteiger partial charge is 0.395 e. The van der Waals surface area contributed by atoms with Crippen molar-refractivity contribution < 1.29 is 10.2 Å². The van der Waals surface area contributed by atoms with Crippen LogP contribution in [0.25, 0.3) is 0 Å². The van der Waals surface area contributed by atoms with Gasteiger partial charge in [-0.1, -0.05) is 13.8 Å². The zero-order valence-corrected chi connectivity index (χ0v) is 12.2. The molecule has 1 rings (SSSR count). The molecular formula is C14H30N2O2. The van der Waals surface area contributed by atoms with Gasteiger partial charge in [-0.2, -0.15) is 0 Å². The van der Waals surface area contributed by atoms with Crippen LogP contribution in [0, 0.1) is 11.8 Å². The molecule has 1 aliphatic rings. The van der Waals surface area contributed by atoms with Crippen LogP contribution in [0.4, 0.5) is 0 Å². The van der Waals surface area contributed by atoms with Gasteiger partial charge < -0.3 is 20.8 Å². The summed E-state index contributed by atoms with van der Waals surface area (Å²) in [7, 11) is 0. The summed E-state index contributed by atoms with van der Waals surface area (Å²) < 4.78 is 0. The number of rotatable bonds is 9. The minimum Gasteiger partial charge on any atom is -0.395 e. The molecule has 4 nitrogen and oxygen atoms in total. The quantitative estimate of drug-likeness (QED) is 0.492. The zero-order chi connectivity index (χ0) is 13.7. The van der Waals surface area contributed by atoms with Crippen molar-refractivity contribution in [2.75, 3.05) is 13.2 Å². The molecule has 5 atom stereocenters. The van der Waals surface area contributed by atoms with Crippen LogP contribution >= 0.6 is 0 Å². The van der Waals surface area contributed by atoms with Gasteiger partial charge in [0.1, 0.15) is 0 Å². The van der Waals surface area contributed by atoms with Gasteiger partial charge in [0.05, 0.1) is 13.2 Å². The van der Waals surface area contributed by atoms with Crippen LogP contribution in [-0.4, -0.2) is 47.6 Å². The molecule has 0 aromatic heterocycles. The molecule has 0 heterocycles. The first-order valence-corrected chi connectivity index (χ1v) is 7.21. The average molecular weight is 258 g/mol. The normalized spacial score (nSPS) is 28.2. The number of hydrogen-bond donors (Lipinski definition) is 4. The summed E-state index contributed by atoms with van der Waals surface area (Å²) in [6, 6.07) is 1.27. The van der Waals surface area contributed by atoms with E-state index in [-0.39, 0.29) is 25.3 Å². The molecule has 0 aliphatic heterocycles. The van der Waals surface area contributed by atoms with Gasteiger partial charge in [-0.3, -0.25) is 0 Å². The maximum Gasteiger partial charge on any atom is 0.0587 e. The highest BCUT2D eigenvalue weighted by atomic mass is 16.3. The molecule has 0 amide bonds. The Morgan fingerprint density at radius 1 is 1.00 bits per heavy atom. The predicted molar refractivity (Wildman–Crippen MR) is 74.5 cm³/mol. The molecule has 0 radical (unpaired) electrons. The second-order valence-electron chi connectivity index (χ2n) is 6.16. The summed E-state index contributed by atoms with van der Waals surface area (Å²) in [5, 5.41) is 25.2. The Bertz CT molecular complexity index is 236. The van der Waals surface area contributed by atoms with Crippen molar-refractivity contribution in [3.05, 3.63) is 0 Å². The molecule has 18 heavy (non-hydrogen) atoms. The molecule has 0 saturated heterocycles. The second-order valence-corrected chi connectivity index (χ2v) is 6.16. The minimum absolute atomic E-state index is 0.166. The van der Waals surface area contributed by atoms with E-state index < -0.39 is 0 Å². The molecule has 1 fully saturated rings. The Balaban J connectivity index is 2.26. The van der Waals surface area contributed by atoms with Gasteiger partial charge in [0.25, 0.3) is 0 Å². The molecular weight excluding hydrogens is 228 g/mol. The van der Waals surface area contributed by atoms with Crippen LogP contribution in [0.2, 0.25) is 0 Å². The highest BCUT2D eigenvalue weighted by Crippen LogP contribution is 2.44. The molecule has 0 spiro atoms. The van der Waals surface area contributed by atoms with Gasteiger partial charge in [0.2, 0.25) is 0 Å². The predicted octanol–water partition coefficient (Wildman–Crippen LogP) is 0.730. The fraction of sp³-hybridized carbons (Fsp3) is 1.00. The lowest BCUT2D eigenvalue weighted by Gasteiger charge is -2.21. The van der Waals surface area contributed by atoms with Crippen LogP contribution in [0.1, 0.15) is 40.5 Å². The Morgan fingerprint density at radius 2 is 1.67 bits per heavy atom. The van der Waals surface area contributed by atoms with Gasteiger partial charge >= 0.3 is 0 Å².